The van der Waals surface area contributed by atoms with Crippen molar-refractivity contribution in [2.75, 3.05) is 0 Å². The molecule has 3 heteroatoms. The molecule has 1 aromatic heterocycles. The Hall–Kier alpha value is -1.64. The Morgan fingerprint density at radius 3 is 3.00 bits per heavy atom. The van der Waals surface area contributed by atoms with Gasteiger partial charge in [-0.3, -0.25) is 4.98 Å². The number of carbonyl (C=O) groups is 1. The Labute approximate surface area is 77.1 Å². The molecule has 0 aliphatic heterocycles. The molecule has 1 aromatic rings. The molecule has 0 bridgehead atoms. The standard InChI is InChI=1S/C10H11NO2/c1-3-10(12)13-8(2)9-6-4-5-7-11-9/h3-8H,1H2,2H3. The average molecular weight is 177 g/mol. The van der Waals surface area contributed by atoms with Crippen molar-refractivity contribution in [3.05, 3.63) is 42.7 Å². The van der Waals surface area contributed by atoms with Gasteiger partial charge < -0.3 is 4.74 Å². The second-order valence-corrected chi connectivity index (χ2v) is 2.54. The molecule has 0 amide bonds. The summed E-state index contributed by atoms with van der Waals surface area (Å²) in [4.78, 5) is 14.9. The number of nitrogens with zero attached hydrogens (tertiary/aromatic N) is 1. The lowest BCUT2D eigenvalue weighted by Crippen LogP contribution is -2.06. The van der Waals surface area contributed by atoms with Gasteiger partial charge in [-0.1, -0.05) is 12.6 Å². The molecule has 13 heavy (non-hydrogen) atoms. The van der Waals surface area contributed by atoms with Crippen molar-refractivity contribution in [2.24, 2.45) is 0 Å². The van der Waals surface area contributed by atoms with E-state index in [1.807, 2.05) is 12.1 Å². The molecule has 0 fully saturated rings. The molecule has 0 aromatic carbocycles. The minimum absolute atomic E-state index is 0.327. The first-order chi connectivity index (χ1) is 6.24. The molecule has 1 heterocycles. The van der Waals surface area contributed by atoms with Crippen molar-refractivity contribution in [2.45, 2.75) is 13.0 Å². The monoisotopic (exact) mass is 177 g/mol. The molecule has 1 unspecified atom stereocenters. The van der Waals surface area contributed by atoms with Gasteiger partial charge in [-0.15, -0.1) is 0 Å². The van der Waals surface area contributed by atoms with E-state index >= 15 is 0 Å². The summed E-state index contributed by atoms with van der Waals surface area (Å²) in [5, 5.41) is 0. The van der Waals surface area contributed by atoms with E-state index in [9.17, 15) is 4.79 Å². The van der Waals surface area contributed by atoms with Crippen molar-refractivity contribution in [3.8, 4) is 0 Å². The van der Waals surface area contributed by atoms with Gasteiger partial charge in [-0.2, -0.15) is 0 Å². The zero-order chi connectivity index (χ0) is 9.68. The maximum absolute atomic E-state index is 10.8. The Balaban J connectivity index is 2.63. The molecule has 1 atom stereocenters. The number of esters is 1. The van der Waals surface area contributed by atoms with Gasteiger partial charge in [-0.25, -0.2) is 4.79 Å². The van der Waals surface area contributed by atoms with Gasteiger partial charge in [0.25, 0.3) is 0 Å². The molecule has 0 saturated heterocycles. The second kappa shape index (κ2) is 4.40. The molecule has 0 saturated carbocycles. The Bertz CT molecular complexity index is 295. The van der Waals surface area contributed by atoms with E-state index < -0.39 is 5.97 Å². The van der Waals surface area contributed by atoms with E-state index in [-0.39, 0.29) is 6.10 Å². The van der Waals surface area contributed by atoms with Gasteiger partial charge in [0, 0.05) is 12.3 Å². The number of carbonyl (C=O) groups excluding carboxylic acids is 1. The fraction of sp³-hybridized carbons (Fsp3) is 0.200. The van der Waals surface area contributed by atoms with Gasteiger partial charge in [0.15, 0.2) is 0 Å². The van der Waals surface area contributed by atoms with Gasteiger partial charge in [-0.05, 0) is 19.1 Å². The number of hydrogen-bond acceptors (Lipinski definition) is 3. The minimum atomic E-state index is -0.432. The number of hydrogen-bond donors (Lipinski definition) is 0. The SMILES string of the molecule is C=CC(=O)OC(C)c1ccccn1. The predicted octanol–water partition coefficient (Wildman–Crippen LogP) is 1.87. The number of rotatable bonds is 3. The van der Waals surface area contributed by atoms with Gasteiger partial charge in [0.2, 0.25) is 0 Å². The highest BCUT2D eigenvalue weighted by molar-refractivity contribution is 5.81. The van der Waals surface area contributed by atoms with Crippen LogP contribution in [0, 0.1) is 0 Å². The molecule has 0 N–H and O–H groups in total. The van der Waals surface area contributed by atoms with E-state index in [4.69, 9.17) is 4.74 Å². The zero-order valence-electron chi connectivity index (χ0n) is 7.43. The fourth-order valence-corrected chi connectivity index (χ4v) is 0.899. The maximum atomic E-state index is 10.8. The first-order valence-corrected chi connectivity index (χ1v) is 3.98. The molecule has 0 radical (unpaired) electrons. The molecule has 68 valence electrons. The average Bonchev–Trinajstić information content (AvgIpc) is 2.19. The Morgan fingerprint density at radius 1 is 1.69 bits per heavy atom. The van der Waals surface area contributed by atoms with Crippen LogP contribution in [0.1, 0.15) is 18.7 Å². The quantitative estimate of drug-likeness (QED) is 0.522. The summed E-state index contributed by atoms with van der Waals surface area (Å²) >= 11 is 0. The molecular formula is C10H11NO2. The summed E-state index contributed by atoms with van der Waals surface area (Å²) in [5.41, 5.74) is 0.734. The van der Waals surface area contributed by atoms with E-state index in [0.29, 0.717) is 0 Å². The van der Waals surface area contributed by atoms with E-state index in [0.717, 1.165) is 11.8 Å². The van der Waals surface area contributed by atoms with Gasteiger partial charge >= 0.3 is 5.97 Å². The molecule has 0 aliphatic rings. The van der Waals surface area contributed by atoms with E-state index in [1.165, 1.54) is 0 Å². The summed E-state index contributed by atoms with van der Waals surface area (Å²) in [6.45, 7) is 5.08. The van der Waals surface area contributed by atoms with Crippen molar-refractivity contribution < 1.29 is 9.53 Å². The normalized spacial score (nSPS) is 11.8. The van der Waals surface area contributed by atoms with Crippen LogP contribution in [-0.4, -0.2) is 11.0 Å². The van der Waals surface area contributed by atoms with Crippen LogP contribution in [0.3, 0.4) is 0 Å². The summed E-state index contributed by atoms with van der Waals surface area (Å²) in [6.07, 6.45) is 2.47. The summed E-state index contributed by atoms with van der Waals surface area (Å²) in [5.74, 6) is -0.432. The highest BCUT2D eigenvalue weighted by Crippen LogP contribution is 2.12. The van der Waals surface area contributed by atoms with E-state index in [2.05, 4.69) is 11.6 Å². The van der Waals surface area contributed by atoms with Crippen molar-refractivity contribution in [1.82, 2.24) is 4.98 Å². The van der Waals surface area contributed by atoms with Crippen LogP contribution in [0.5, 0.6) is 0 Å². The second-order valence-electron chi connectivity index (χ2n) is 2.54. The molecular weight excluding hydrogens is 166 g/mol. The van der Waals surface area contributed by atoms with Crippen LogP contribution in [0.25, 0.3) is 0 Å². The molecule has 0 aliphatic carbocycles. The van der Waals surface area contributed by atoms with Crippen molar-refractivity contribution >= 4 is 5.97 Å². The topological polar surface area (TPSA) is 39.2 Å². The van der Waals surface area contributed by atoms with Crippen molar-refractivity contribution in [3.63, 3.8) is 0 Å². The summed E-state index contributed by atoms with van der Waals surface area (Å²) in [7, 11) is 0. The first kappa shape index (κ1) is 9.45. The summed E-state index contributed by atoms with van der Waals surface area (Å²) in [6, 6.07) is 5.47. The molecule has 3 nitrogen and oxygen atoms in total. The lowest BCUT2D eigenvalue weighted by atomic mass is 10.2. The number of pyridine rings is 1. The highest BCUT2D eigenvalue weighted by Gasteiger charge is 2.09. The van der Waals surface area contributed by atoms with Crippen LogP contribution in [0.15, 0.2) is 37.1 Å². The van der Waals surface area contributed by atoms with Crippen LogP contribution >= 0.6 is 0 Å². The van der Waals surface area contributed by atoms with E-state index in [1.54, 1.807) is 19.2 Å². The van der Waals surface area contributed by atoms with Crippen molar-refractivity contribution in [1.29, 1.82) is 0 Å². The Kier molecular flexibility index (Phi) is 3.20. The molecule has 1 rings (SSSR count). The van der Waals surface area contributed by atoms with Crippen LogP contribution in [0.2, 0.25) is 0 Å². The van der Waals surface area contributed by atoms with Gasteiger partial charge in [0.05, 0.1) is 5.69 Å². The third kappa shape index (κ3) is 2.71. The predicted molar refractivity (Wildman–Crippen MR) is 48.9 cm³/mol. The summed E-state index contributed by atoms with van der Waals surface area (Å²) < 4.78 is 4.97. The minimum Gasteiger partial charge on any atom is -0.453 e. The third-order valence-electron chi connectivity index (χ3n) is 1.56. The lowest BCUT2D eigenvalue weighted by molar-refractivity contribution is -0.142. The fourth-order valence-electron chi connectivity index (χ4n) is 0.899. The first-order valence-electron chi connectivity index (χ1n) is 3.98. The van der Waals surface area contributed by atoms with Crippen LogP contribution in [0.4, 0.5) is 0 Å². The van der Waals surface area contributed by atoms with Crippen LogP contribution in [-0.2, 0) is 9.53 Å². The third-order valence-corrected chi connectivity index (χ3v) is 1.56. The highest BCUT2D eigenvalue weighted by atomic mass is 16.5. The number of aromatic nitrogens is 1. The maximum Gasteiger partial charge on any atom is 0.330 e. The largest absolute Gasteiger partial charge is 0.453 e. The number of ether oxygens (including phenoxy) is 1. The smallest absolute Gasteiger partial charge is 0.330 e. The Morgan fingerprint density at radius 2 is 2.46 bits per heavy atom. The van der Waals surface area contributed by atoms with Crippen LogP contribution < -0.4 is 0 Å². The molecule has 0 spiro atoms. The van der Waals surface area contributed by atoms with Gasteiger partial charge in [0.1, 0.15) is 6.10 Å². The zero-order valence-corrected chi connectivity index (χ0v) is 7.43. The lowest BCUT2D eigenvalue weighted by Gasteiger charge is -2.10.